The lowest BCUT2D eigenvalue weighted by Gasteiger charge is -2.35. The fourth-order valence-electron chi connectivity index (χ4n) is 8.53. The Balaban J connectivity index is 0.860. The Kier molecular flexibility index (Phi) is 6.15. The van der Waals surface area contributed by atoms with Gasteiger partial charge < -0.3 is 52.2 Å². The highest BCUT2D eigenvalue weighted by Gasteiger charge is 2.67. The van der Waals surface area contributed by atoms with Crippen LogP contribution in [-0.4, -0.2) is 110 Å². The molecule has 0 radical (unpaired) electrons. The maximum absolute atomic E-state index is 13.8. The van der Waals surface area contributed by atoms with Crippen molar-refractivity contribution in [3.05, 3.63) is 23.6 Å². The summed E-state index contributed by atoms with van der Waals surface area (Å²) < 4.78 is 49.8. The van der Waals surface area contributed by atoms with Crippen LogP contribution < -0.4 is 33.6 Å². The number of amides is 4. The van der Waals surface area contributed by atoms with Crippen LogP contribution in [0.2, 0.25) is 0 Å². The molecule has 25 heteroatoms. The largest absolute Gasteiger partial charge is 0.442 e. The monoisotopic (exact) mass is 730 g/mol. The molecule has 4 amide bonds. The average Bonchev–Trinajstić information content (AvgIpc) is 3.55. The third kappa shape index (κ3) is 4.60. The van der Waals surface area contributed by atoms with Crippen LogP contribution >= 0.6 is 0 Å². The molecule has 272 valence electrons. The lowest BCUT2D eigenvalue weighted by Crippen LogP contribution is -2.45. The summed E-state index contributed by atoms with van der Waals surface area (Å²) in [5.41, 5.74) is 22.7. The predicted molar refractivity (Wildman–Crippen MR) is 164 cm³/mol. The molecule has 6 fully saturated rings. The van der Waals surface area contributed by atoms with E-state index in [1.165, 1.54) is 9.80 Å². The van der Waals surface area contributed by atoms with E-state index in [0.717, 1.165) is 35.8 Å². The first-order chi connectivity index (χ1) is 24.3. The van der Waals surface area contributed by atoms with Gasteiger partial charge in [-0.1, -0.05) is 0 Å². The molecule has 2 aromatic rings. The summed E-state index contributed by atoms with van der Waals surface area (Å²) >= 11 is 0. The fourth-order valence-corrected chi connectivity index (χ4v) is 9.29. The number of nitrogens with two attached hydrogens (primary N) is 4. The van der Waals surface area contributed by atoms with Crippen LogP contribution in [0, 0.1) is 10.8 Å². The number of aromatic nitrogens is 4. The Morgan fingerprint density at radius 2 is 1.08 bits per heavy atom. The van der Waals surface area contributed by atoms with Crippen LogP contribution in [0.1, 0.15) is 86.3 Å². The molecule has 4 saturated heterocycles. The lowest BCUT2D eigenvalue weighted by molar-refractivity contribution is -0.101. The van der Waals surface area contributed by atoms with Crippen molar-refractivity contribution in [3.8, 4) is 0 Å². The Morgan fingerprint density at radius 1 is 0.686 bits per heavy atom. The van der Waals surface area contributed by atoms with Crippen molar-refractivity contribution in [2.24, 2.45) is 43.7 Å². The van der Waals surface area contributed by atoms with Crippen molar-refractivity contribution in [2.45, 2.75) is 87.1 Å². The van der Waals surface area contributed by atoms with Crippen molar-refractivity contribution >= 4 is 34.4 Å². The topological polar surface area (TPSA) is 330 Å². The number of hydrogen-bond donors (Lipinski definition) is 6. The normalized spacial score (nSPS) is 35.5. The summed E-state index contributed by atoms with van der Waals surface area (Å²) in [5.74, 6) is 0.883. The number of nitrogens with one attached hydrogen (secondary N) is 2. The molecule has 6 aliphatic heterocycles. The van der Waals surface area contributed by atoms with Crippen LogP contribution in [0.4, 0.5) is 9.59 Å². The number of urea groups is 2. The van der Waals surface area contributed by atoms with Crippen LogP contribution in [0.25, 0.3) is 0 Å². The van der Waals surface area contributed by atoms with E-state index in [9.17, 15) is 18.0 Å². The molecule has 2 saturated carbocycles. The number of fused-ring (bicyclic) bond motifs is 6. The highest BCUT2D eigenvalue weighted by atomic mass is 32.3. The van der Waals surface area contributed by atoms with Gasteiger partial charge in [-0.05, 0) is 49.4 Å². The number of carbonyl (C=O) groups excluding carboxylic acids is 2. The molecule has 2 aliphatic carbocycles. The van der Waals surface area contributed by atoms with Gasteiger partial charge in [-0.25, -0.2) is 19.6 Å². The summed E-state index contributed by atoms with van der Waals surface area (Å²) in [5, 5.41) is 23.8. The first kappa shape index (κ1) is 30.9. The van der Waals surface area contributed by atoms with Gasteiger partial charge in [0.1, 0.15) is 24.4 Å². The quantitative estimate of drug-likeness (QED) is 0.162. The second-order valence-electron chi connectivity index (χ2n) is 14.5. The van der Waals surface area contributed by atoms with E-state index in [1.807, 2.05) is 0 Å². The van der Waals surface area contributed by atoms with Crippen LogP contribution in [0.5, 0.6) is 0 Å². The summed E-state index contributed by atoms with van der Waals surface area (Å²) in [4.78, 5) is 38.8. The lowest BCUT2D eigenvalue weighted by atomic mass is 9.85. The number of hydroxylamine groups is 4. The van der Waals surface area contributed by atoms with Crippen LogP contribution in [0.15, 0.2) is 18.8 Å². The molecule has 0 aromatic carbocycles. The minimum atomic E-state index is -4.98. The van der Waals surface area contributed by atoms with Gasteiger partial charge in [-0.15, -0.1) is 29.0 Å². The number of rotatable bonds is 8. The zero-order chi connectivity index (χ0) is 35.2. The molecule has 10 rings (SSSR count). The first-order valence-electron chi connectivity index (χ1n) is 16.5. The van der Waals surface area contributed by atoms with E-state index >= 15 is 0 Å². The average molecular weight is 731 g/mol. The smallest absolute Gasteiger partial charge is 0.421 e. The number of nitrogens with zero attached hydrogens (tertiary/aromatic N) is 10. The Hall–Kier alpha value is -4.85. The van der Waals surface area contributed by atoms with Crippen molar-refractivity contribution in [1.29, 1.82) is 0 Å². The highest BCUT2D eigenvalue weighted by Crippen LogP contribution is 2.63. The molecule has 51 heavy (non-hydrogen) atoms. The van der Waals surface area contributed by atoms with Gasteiger partial charge in [-0.3, -0.25) is 0 Å². The zero-order valence-electron chi connectivity index (χ0n) is 26.7. The summed E-state index contributed by atoms with van der Waals surface area (Å²) in [6.45, 7) is 0.310. The summed E-state index contributed by atoms with van der Waals surface area (Å²) in [6, 6.07) is -5.30. The predicted octanol–water partition coefficient (Wildman–Crippen LogP) is -2.59. The molecule has 4 bridgehead atoms. The number of aliphatic imine (C=N–C) groups is 2. The van der Waals surface area contributed by atoms with Gasteiger partial charge in [0.05, 0.1) is 12.1 Å². The van der Waals surface area contributed by atoms with Crippen molar-refractivity contribution in [3.63, 3.8) is 0 Å². The second kappa shape index (κ2) is 10.1. The van der Waals surface area contributed by atoms with Crippen LogP contribution in [0.3, 0.4) is 0 Å². The molecule has 10 N–H and O–H groups in total. The van der Waals surface area contributed by atoms with Crippen LogP contribution in [-0.2, 0) is 19.0 Å². The zero-order valence-corrected chi connectivity index (χ0v) is 27.5. The fraction of sp³-hybridized carbons (Fsp3) is 0.692. The molecule has 8 heterocycles. The number of carbonyl (C=O) groups is 2. The second-order valence-corrected chi connectivity index (χ2v) is 15.6. The standard InChI is InChI=1S/C26H34N16O8S/c27-15-13(31-21(29)33-15)19-37-35-17(47-19)9-5-25(1-2-25)11-7-39(9)23(43)41(11)49-51(45,46)50-42-12-8-40(24(42)44)10(6-26(12)3-4-26)18-36-38-20(48-18)14-16(28)34-22(30)32-14/h9-16H,1-8,27-28H2,(H3,29,31,33)(H3,30,32,34)/t9-,10-,11-,12-,13?,14?,15?,16?/m0/s1. The first-order valence-corrected chi connectivity index (χ1v) is 17.9. The van der Waals surface area contributed by atoms with E-state index in [2.05, 4.69) is 41.0 Å². The third-order valence-corrected chi connectivity index (χ3v) is 12.2. The molecular weight excluding hydrogens is 696 g/mol. The maximum atomic E-state index is 13.8. The number of hydrogen-bond acceptors (Lipinski definition) is 20. The Bertz CT molecular complexity index is 1880. The highest BCUT2D eigenvalue weighted by molar-refractivity contribution is 7.81. The maximum Gasteiger partial charge on any atom is 0.442 e. The van der Waals surface area contributed by atoms with E-state index < -0.39 is 81.9 Å². The van der Waals surface area contributed by atoms with E-state index in [4.69, 9.17) is 40.3 Å². The van der Waals surface area contributed by atoms with E-state index in [0.29, 0.717) is 12.8 Å². The van der Waals surface area contributed by atoms with E-state index in [-0.39, 0.29) is 48.6 Å². The minimum Gasteiger partial charge on any atom is -0.421 e. The third-order valence-electron chi connectivity index (χ3n) is 11.5. The Labute approximate surface area is 288 Å². The number of piperidine rings is 2. The summed E-state index contributed by atoms with van der Waals surface area (Å²) in [7, 11) is -4.98. The van der Waals surface area contributed by atoms with Gasteiger partial charge in [-0.2, -0.15) is 18.5 Å². The van der Waals surface area contributed by atoms with Crippen molar-refractivity contribution in [2.75, 3.05) is 13.1 Å². The number of guanidine groups is 2. The molecular formula is C26H34N16O8S. The Morgan fingerprint density at radius 3 is 1.43 bits per heavy atom. The molecule has 2 spiro atoms. The van der Waals surface area contributed by atoms with Gasteiger partial charge in [0.25, 0.3) is 0 Å². The molecule has 24 nitrogen and oxygen atoms in total. The summed E-state index contributed by atoms with van der Waals surface area (Å²) in [6.07, 6.45) is 2.46. The SMILES string of the molecule is NC1=NC(c2nnc([C@@H]3CC4(CC4)[C@@H]4CN3C(=O)N4OS(=O)(=O)ON3C(=O)N4C[C@H]3C3(CC3)C[C@H]4c3nnc(C4N=C(N)NC4N)o3)o2)C(N)N1. The minimum absolute atomic E-state index is 0.134. The van der Waals surface area contributed by atoms with Gasteiger partial charge in [0.15, 0.2) is 24.0 Å². The van der Waals surface area contributed by atoms with Gasteiger partial charge in [0.2, 0.25) is 23.6 Å². The molecule has 8 aliphatic rings. The van der Waals surface area contributed by atoms with Gasteiger partial charge >= 0.3 is 22.5 Å². The van der Waals surface area contributed by atoms with Crippen molar-refractivity contribution in [1.82, 2.24) is 51.0 Å². The molecule has 4 unspecified atom stereocenters. The molecule has 2 aromatic heterocycles. The van der Waals surface area contributed by atoms with Crippen molar-refractivity contribution < 1.29 is 35.4 Å². The van der Waals surface area contributed by atoms with Gasteiger partial charge in [0, 0.05) is 13.1 Å². The molecule has 8 atom stereocenters. The van der Waals surface area contributed by atoms with E-state index in [1.54, 1.807) is 0 Å².